The van der Waals surface area contributed by atoms with Crippen LogP contribution in [0.4, 0.5) is 0 Å². The number of benzene rings is 1. The van der Waals surface area contributed by atoms with Crippen molar-refractivity contribution in [3.05, 3.63) is 42.0 Å². The highest BCUT2D eigenvalue weighted by Crippen LogP contribution is 2.10. The lowest BCUT2D eigenvalue weighted by Gasteiger charge is -2.04. The van der Waals surface area contributed by atoms with E-state index in [4.69, 9.17) is 5.84 Å². The molecule has 1 rings (SSSR count). The van der Waals surface area contributed by atoms with E-state index in [-0.39, 0.29) is 0 Å². The van der Waals surface area contributed by atoms with Gasteiger partial charge >= 0.3 is 0 Å². The predicted molar refractivity (Wildman–Crippen MR) is 52.2 cm³/mol. The molecule has 2 nitrogen and oxygen atoms in total. The van der Waals surface area contributed by atoms with Crippen molar-refractivity contribution < 1.29 is 0 Å². The molecule has 1 aromatic carbocycles. The van der Waals surface area contributed by atoms with Gasteiger partial charge in [0.05, 0.1) is 0 Å². The van der Waals surface area contributed by atoms with Crippen LogP contribution in [0, 0.1) is 0 Å². The van der Waals surface area contributed by atoms with Crippen LogP contribution in [0.2, 0.25) is 0 Å². The van der Waals surface area contributed by atoms with Crippen molar-refractivity contribution in [3.8, 4) is 0 Å². The predicted octanol–water partition coefficient (Wildman–Crippen LogP) is 1.68. The van der Waals surface area contributed by atoms with Gasteiger partial charge < -0.3 is 5.43 Å². The van der Waals surface area contributed by atoms with Crippen LogP contribution in [-0.4, -0.2) is 0 Å². The molecule has 0 spiro atoms. The van der Waals surface area contributed by atoms with E-state index in [1.165, 1.54) is 5.56 Å². The molecule has 64 valence electrons. The topological polar surface area (TPSA) is 38.0 Å². The quantitative estimate of drug-likeness (QED) is 0.524. The molecule has 0 aromatic heterocycles. The lowest BCUT2D eigenvalue weighted by atomic mass is 10.1. The Bertz CT molecular complexity index is 262. The van der Waals surface area contributed by atoms with Crippen LogP contribution in [0.1, 0.15) is 18.1 Å². The molecule has 0 atom stereocenters. The minimum atomic E-state index is 0.748. The third-order valence-corrected chi connectivity index (χ3v) is 1.88. The number of nitrogens with two attached hydrogens (primary N) is 1. The van der Waals surface area contributed by atoms with Crippen molar-refractivity contribution in [2.75, 3.05) is 0 Å². The summed E-state index contributed by atoms with van der Waals surface area (Å²) in [5, 5.41) is 0. The molecule has 0 saturated carbocycles. The Morgan fingerprint density at radius 2 is 2.00 bits per heavy atom. The number of nitrogens with one attached hydrogen (secondary N) is 1. The van der Waals surface area contributed by atoms with Gasteiger partial charge in [0, 0.05) is 5.70 Å². The van der Waals surface area contributed by atoms with E-state index in [2.05, 4.69) is 31.1 Å². The number of hydrogen-bond donors (Lipinski definition) is 2. The number of hydrogen-bond acceptors (Lipinski definition) is 2. The Morgan fingerprint density at radius 3 is 2.42 bits per heavy atom. The van der Waals surface area contributed by atoms with Crippen LogP contribution >= 0.6 is 0 Å². The molecule has 3 N–H and O–H groups in total. The summed E-state index contributed by atoms with van der Waals surface area (Å²) in [7, 11) is 0. The lowest BCUT2D eigenvalue weighted by molar-refractivity contribution is 0.994. The van der Waals surface area contributed by atoms with Gasteiger partial charge in [-0.2, -0.15) is 0 Å². The standard InChI is InChI=1S/C10H14N2/c1-3-9-4-6-10(7-5-9)8(2)12-11/h4-7,12H,2-3,11H2,1H3. The number of hydrazine groups is 1. The first kappa shape index (κ1) is 8.81. The SMILES string of the molecule is C=C(NN)c1ccc(CC)cc1. The van der Waals surface area contributed by atoms with Crippen molar-refractivity contribution in [2.24, 2.45) is 5.84 Å². The second-order valence-corrected chi connectivity index (χ2v) is 2.67. The van der Waals surface area contributed by atoms with Gasteiger partial charge in [-0.05, 0) is 17.5 Å². The first-order valence-electron chi connectivity index (χ1n) is 4.02. The number of aryl methyl sites for hydroxylation is 1. The van der Waals surface area contributed by atoms with Gasteiger partial charge in [0.2, 0.25) is 0 Å². The summed E-state index contributed by atoms with van der Waals surface area (Å²) in [4.78, 5) is 0. The van der Waals surface area contributed by atoms with Crippen LogP contribution in [-0.2, 0) is 6.42 Å². The molecule has 2 heteroatoms. The van der Waals surface area contributed by atoms with Crippen LogP contribution in [0.5, 0.6) is 0 Å². The Hall–Kier alpha value is -1.28. The average Bonchev–Trinajstić information content (AvgIpc) is 2.17. The van der Waals surface area contributed by atoms with Crippen LogP contribution in [0.15, 0.2) is 30.8 Å². The third-order valence-electron chi connectivity index (χ3n) is 1.88. The maximum atomic E-state index is 5.23. The molecule has 0 saturated heterocycles. The molecule has 0 radical (unpaired) electrons. The van der Waals surface area contributed by atoms with Gasteiger partial charge in [0.25, 0.3) is 0 Å². The maximum absolute atomic E-state index is 5.23. The fourth-order valence-corrected chi connectivity index (χ4v) is 1.02. The van der Waals surface area contributed by atoms with Gasteiger partial charge in [-0.15, -0.1) is 0 Å². The van der Waals surface area contributed by atoms with E-state index in [0.717, 1.165) is 17.7 Å². The summed E-state index contributed by atoms with van der Waals surface area (Å²) < 4.78 is 0. The van der Waals surface area contributed by atoms with Crippen LogP contribution in [0.25, 0.3) is 5.70 Å². The van der Waals surface area contributed by atoms with Gasteiger partial charge in [0.15, 0.2) is 0 Å². The van der Waals surface area contributed by atoms with Gasteiger partial charge in [0.1, 0.15) is 0 Å². The van der Waals surface area contributed by atoms with Crippen molar-refractivity contribution in [2.45, 2.75) is 13.3 Å². The molecule has 0 amide bonds. The van der Waals surface area contributed by atoms with E-state index >= 15 is 0 Å². The van der Waals surface area contributed by atoms with E-state index in [0.29, 0.717) is 0 Å². The smallest absolute Gasteiger partial charge is 0.0485 e. The Balaban J connectivity index is 2.84. The molecule has 0 aliphatic carbocycles. The molecular weight excluding hydrogens is 148 g/mol. The highest BCUT2D eigenvalue weighted by atomic mass is 15.2. The summed E-state index contributed by atoms with van der Waals surface area (Å²) in [6, 6.07) is 8.19. The second-order valence-electron chi connectivity index (χ2n) is 2.67. The van der Waals surface area contributed by atoms with Crippen LogP contribution in [0.3, 0.4) is 0 Å². The summed E-state index contributed by atoms with van der Waals surface area (Å²) >= 11 is 0. The Kier molecular flexibility index (Phi) is 2.88. The van der Waals surface area contributed by atoms with Crippen molar-refractivity contribution in [1.29, 1.82) is 0 Å². The van der Waals surface area contributed by atoms with Crippen molar-refractivity contribution in [3.63, 3.8) is 0 Å². The second kappa shape index (κ2) is 3.93. The molecule has 0 fully saturated rings. The van der Waals surface area contributed by atoms with Gasteiger partial charge in [-0.3, -0.25) is 5.84 Å². The molecule has 0 bridgehead atoms. The molecule has 0 aliphatic heterocycles. The molecular formula is C10H14N2. The largest absolute Gasteiger partial charge is 0.324 e. The molecule has 0 aliphatic rings. The van der Waals surface area contributed by atoms with E-state index in [1.807, 2.05) is 12.1 Å². The first-order valence-corrected chi connectivity index (χ1v) is 4.02. The zero-order chi connectivity index (χ0) is 8.97. The van der Waals surface area contributed by atoms with Crippen molar-refractivity contribution in [1.82, 2.24) is 5.43 Å². The van der Waals surface area contributed by atoms with Crippen molar-refractivity contribution >= 4 is 5.70 Å². The normalized spacial score (nSPS) is 9.50. The fraction of sp³-hybridized carbons (Fsp3) is 0.200. The minimum Gasteiger partial charge on any atom is -0.324 e. The maximum Gasteiger partial charge on any atom is 0.0485 e. The number of rotatable bonds is 3. The minimum absolute atomic E-state index is 0.748. The monoisotopic (exact) mass is 162 g/mol. The van der Waals surface area contributed by atoms with E-state index in [9.17, 15) is 0 Å². The van der Waals surface area contributed by atoms with E-state index < -0.39 is 0 Å². The molecule has 0 heterocycles. The summed E-state index contributed by atoms with van der Waals surface area (Å²) in [5.74, 6) is 5.23. The third kappa shape index (κ3) is 1.86. The summed E-state index contributed by atoms with van der Waals surface area (Å²) in [6.45, 7) is 5.89. The highest BCUT2D eigenvalue weighted by Gasteiger charge is 1.95. The fourth-order valence-electron chi connectivity index (χ4n) is 1.02. The molecule has 12 heavy (non-hydrogen) atoms. The van der Waals surface area contributed by atoms with E-state index in [1.54, 1.807) is 0 Å². The zero-order valence-corrected chi connectivity index (χ0v) is 7.30. The first-order chi connectivity index (χ1) is 5.77. The summed E-state index contributed by atoms with van der Waals surface area (Å²) in [6.07, 6.45) is 1.06. The summed E-state index contributed by atoms with van der Waals surface area (Å²) in [5.41, 5.74) is 5.63. The van der Waals surface area contributed by atoms with Crippen LogP contribution < -0.4 is 11.3 Å². The molecule has 0 unspecified atom stereocenters. The average molecular weight is 162 g/mol. The van der Waals surface area contributed by atoms with Gasteiger partial charge in [-0.25, -0.2) is 0 Å². The Morgan fingerprint density at radius 1 is 1.42 bits per heavy atom. The zero-order valence-electron chi connectivity index (χ0n) is 7.30. The highest BCUT2D eigenvalue weighted by molar-refractivity contribution is 5.61. The molecule has 1 aromatic rings. The van der Waals surface area contributed by atoms with Gasteiger partial charge in [-0.1, -0.05) is 37.8 Å². The lowest BCUT2D eigenvalue weighted by Crippen LogP contribution is -2.18. The Labute approximate surface area is 73.1 Å².